The number of nitrogens with zero attached hydrogens (tertiary/aromatic N) is 3. The number of fused-ring (bicyclic) bond motifs is 1. The van der Waals surface area contributed by atoms with Crippen LogP contribution in [0.25, 0.3) is 10.9 Å². The standard InChI is InChI=1S/C27H34N4O3/c1-32-20-12-10-19(11-13-20)18-28-27-29-23-17-25(34-21-8-4-5-9-21)24(33-2)16-22(23)26(30-27)31-14-6-3-7-15-31/h10-13,16-17,21H,3-9,14-15,18H2,1-2H3,(H,28,29,30). The highest BCUT2D eigenvalue weighted by Crippen LogP contribution is 2.38. The van der Waals surface area contributed by atoms with Gasteiger partial charge < -0.3 is 24.4 Å². The van der Waals surface area contributed by atoms with Crippen LogP contribution in [0, 0.1) is 0 Å². The molecular weight excluding hydrogens is 428 g/mol. The van der Waals surface area contributed by atoms with Gasteiger partial charge in [0.15, 0.2) is 11.5 Å². The molecule has 0 unspecified atom stereocenters. The van der Waals surface area contributed by atoms with E-state index >= 15 is 0 Å². The number of ether oxygens (including phenoxy) is 3. The molecule has 2 aromatic carbocycles. The van der Waals surface area contributed by atoms with Crippen LogP contribution >= 0.6 is 0 Å². The zero-order chi connectivity index (χ0) is 23.3. The van der Waals surface area contributed by atoms with E-state index in [1.54, 1.807) is 14.2 Å². The van der Waals surface area contributed by atoms with E-state index in [0.717, 1.165) is 65.5 Å². The topological polar surface area (TPSA) is 68.7 Å². The zero-order valence-electron chi connectivity index (χ0n) is 20.2. The lowest BCUT2D eigenvalue weighted by Crippen LogP contribution is -2.30. The third-order valence-corrected chi connectivity index (χ3v) is 6.82. The van der Waals surface area contributed by atoms with Gasteiger partial charge in [-0.1, -0.05) is 12.1 Å². The fourth-order valence-electron chi connectivity index (χ4n) is 4.91. The monoisotopic (exact) mass is 462 g/mol. The molecular formula is C27H34N4O3. The molecule has 0 atom stereocenters. The second kappa shape index (κ2) is 10.4. The summed E-state index contributed by atoms with van der Waals surface area (Å²) in [4.78, 5) is 12.2. The Morgan fingerprint density at radius 2 is 1.65 bits per heavy atom. The minimum atomic E-state index is 0.252. The first-order chi connectivity index (χ1) is 16.7. The molecule has 7 heteroatoms. The number of hydrogen-bond acceptors (Lipinski definition) is 7. The van der Waals surface area contributed by atoms with Gasteiger partial charge in [0.25, 0.3) is 0 Å². The SMILES string of the molecule is COc1ccc(CNc2nc(N3CCCCC3)c3cc(OC)c(OC4CCCC4)cc3n2)cc1. The van der Waals surface area contributed by atoms with Gasteiger partial charge >= 0.3 is 0 Å². The molecule has 1 aliphatic heterocycles. The molecule has 1 aliphatic carbocycles. The normalized spacial score (nSPS) is 16.6. The highest BCUT2D eigenvalue weighted by Gasteiger charge is 2.22. The Hall–Kier alpha value is -3.22. The predicted octanol–water partition coefficient (Wildman–Crippen LogP) is 5.57. The van der Waals surface area contributed by atoms with Crippen molar-refractivity contribution in [2.24, 2.45) is 0 Å². The summed E-state index contributed by atoms with van der Waals surface area (Å²) >= 11 is 0. The summed E-state index contributed by atoms with van der Waals surface area (Å²) in [6, 6.07) is 12.1. The Morgan fingerprint density at radius 3 is 2.35 bits per heavy atom. The first-order valence-corrected chi connectivity index (χ1v) is 12.4. The molecule has 7 nitrogen and oxygen atoms in total. The largest absolute Gasteiger partial charge is 0.497 e. The average molecular weight is 463 g/mol. The molecule has 0 spiro atoms. The molecule has 1 saturated carbocycles. The van der Waals surface area contributed by atoms with Crippen molar-refractivity contribution in [3.8, 4) is 17.2 Å². The molecule has 180 valence electrons. The van der Waals surface area contributed by atoms with E-state index in [0.29, 0.717) is 12.5 Å². The Labute approximate surface area is 201 Å². The van der Waals surface area contributed by atoms with Crippen LogP contribution < -0.4 is 24.4 Å². The number of benzene rings is 2. The fraction of sp³-hybridized carbons (Fsp3) is 0.481. The van der Waals surface area contributed by atoms with Gasteiger partial charge in [0, 0.05) is 31.1 Å². The molecule has 34 heavy (non-hydrogen) atoms. The van der Waals surface area contributed by atoms with Crippen molar-refractivity contribution >= 4 is 22.7 Å². The van der Waals surface area contributed by atoms with Crippen LogP contribution in [0.4, 0.5) is 11.8 Å². The summed E-state index contributed by atoms with van der Waals surface area (Å²) < 4.78 is 17.4. The minimum absolute atomic E-state index is 0.252. The van der Waals surface area contributed by atoms with Gasteiger partial charge in [-0.25, -0.2) is 4.98 Å². The van der Waals surface area contributed by atoms with Crippen LogP contribution in [0.15, 0.2) is 36.4 Å². The summed E-state index contributed by atoms with van der Waals surface area (Å²) in [5.74, 6) is 3.96. The van der Waals surface area contributed by atoms with Gasteiger partial charge in [-0.2, -0.15) is 4.98 Å². The summed E-state index contributed by atoms with van der Waals surface area (Å²) in [5.41, 5.74) is 2.02. The van der Waals surface area contributed by atoms with Crippen LogP contribution in [0.1, 0.15) is 50.5 Å². The maximum atomic E-state index is 6.35. The summed E-state index contributed by atoms with van der Waals surface area (Å²) in [7, 11) is 3.38. The van der Waals surface area contributed by atoms with E-state index in [-0.39, 0.29) is 6.10 Å². The molecule has 3 aromatic rings. The van der Waals surface area contributed by atoms with Crippen LogP contribution in [-0.4, -0.2) is 43.4 Å². The van der Waals surface area contributed by atoms with Gasteiger partial charge in [0.1, 0.15) is 11.6 Å². The minimum Gasteiger partial charge on any atom is -0.497 e. The van der Waals surface area contributed by atoms with Crippen molar-refractivity contribution in [3.63, 3.8) is 0 Å². The molecule has 2 aliphatic rings. The molecule has 5 rings (SSSR count). The highest BCUT2D eigenvalue weighted by molar-refractivity contribution is 5.93. The van der Waals surface area contributed by atoms with Crippen LogP contribution in [0.2, 0.25) is 0 Å². The number of piperidine rings is 1. The van der Waals surface area contributed by atoms with Gasteiger partial charge in [-0.05, 0) is 68.7 Å². The molecule has 0 radical (unpaired) electrons. The lowest BCUT2D eigenvalue weighted by Gasteiger charge is -2.29. The Balaban J connectivity index is 1.49. The van der Waals surface area contributed by atoms with Crippen molar-refractivity contribution in [1.82, 2.24) is 9.97 Å². The molecule has 1 aromatic heterocycles. The number of hydrogen-bond donors (Lipinski definition) is 1. The third kappa shape index (κ3) is 4.98. The second-order valence-electron chi connectivity index (χ2n) is 9.16. The van der Waals surface area contributed by atoms with Crippen molar-refractivity contribution in [1.29, 1.82) is 0 Å². The third-order valence-electron chi connectivity index (χ3n) is 6.82. The zero-order valence-corrected chi connectivity index (χ0v) is 20.2. The number of anilines is 2. The van der Waals surface area contributed by atoms with Crippen molar-refractivity contribution < 1.29 is 14.2 Å². The molecule has 1 N–H and O–H groups in total. The van der Waals surface area contributed by atoms with Gasteiger partial charge in [0.2, 0.25) is 5.95 Å². The Kier molecular flexibility index (Phi) is 6.88. The lowest BCUT2D eigenvalue weighted by atomic mass is 10.1. The fourth-order valence-corrected chi connectivity index (χ4v) is 4.91. The maximum absolute atomic E-state index is 6.35. The quantitative estimate of drug-likeness (QED) is 0.469. The number of methoxy groups -OCH3 is 2. The number of aromatic nitrogens is 2. The number of rotatable bonds is 8. The van der Waals surface area contributed by atoms with E-state index in [9.17, 15) is 0 Å². The van der Waals surface area contributed by atoms with Crippen molar-refractivity contribution in [3.05, 3.63) is 42.0 Å². The predicted molar refractivity (Wildman–Crippen MR) is 135 cm³/mol. The smallest absolute Gasteiger partial charge is 0.225 e. The van der Waals surface area contributed by atoms with Crippen LogP contribution in [0.3, 0.4) is 0 Å². The molecule has 2 heterocycles. The maximum Gasteiger partial charge on any atom is 0.225 e. The summed E-state index contributed by atoms with van der Waals surface area (Å²) in [6.07, 6.45) is 8.52. The highest BCUT2D eigenvalue weighted by atomic mass is 16.5. The first kappa shape index (κ1) is 22.6. The Morgan fingerprint density at radius 1 is 0.882 bits per heavy atom. The molecule has 1 saturated heterocycles. The first-order valence-electron chi connectivity index (χ1n) is 12.4. The average Bonchev–Trinajstić information content (AvgIpc) is 3.40. The second-order valence-corrected chi connectivity index (χ2v) is 9.16. The van der Waals surface area contributed by atoms with Crippen molar-refractivity contribution in [2.75, 3.05) is 37.5 Å². The molecule has 0 bridgehead atoms. The van der Waals surface area contributed by atoms with E-state index in [2.05, 4.69) is 28.4 Å². The van der Waals surface area contributed by atoms with Crippen molar-refractivity contribution in [2.45, 2.75) is 57.6 Å². The lowest BCUT2D eigenvalue weighted by molar-refractivity contribution is 0.201. The van der Waals surface area contributed by atoms with E-state index in [1.165, 1.54) is 32.1 Å². The van der Waals surface area contributed by atoms with Crippen LogP contribution in [-0.2, 0) is 6.54 Å². The summed E-state index contributed by atoms with van der Waals surface area (Å²) in [5, 5.41) is 4.44. The van der Waals surface area contributed by atoms with Crippen LogP contribution in [0.5, 0.6) is 17.2 Å². The van der Waals surface area contributed by atoms with E-state index < -0.39 is 0 Å². The molecule has 2 fully saturated rings. The summed E-state index contributed by atoms with van der Waals surface area (Å²) in [6.45, 7) is 2.65. The van der Waals surface area contributed by atoms with Gasteiger partial charge in [0.05, 0.1) is 25.8 Å². The van der Waals surface area contributed by atoms with E-state index in [4.69, 9.17) is 24.2 Å². The van der Waals surface area contributed by atoms with Gasteiger partial charge in [-0.15, -0.1) is 0 Å². The number of nitrogens with one attached hydrogen (secondary N) is 1. The Bertz CT molecular complexity index is 1110. The van der Waals surface area contributed by atoms with Gasteiger partial charge in [-0.3, -0.25) is 0 Å². The van der Waals surface area contributed by atoms with E-state index in [1.807, 2.05) is 18.2 Å². The molecule has 0 amide bonds.